The van der Waals surface area contributed by atoms with E-state index in [1.807, 2.05) is 30.3 Å². The molecule has 0 radical (unpaired) electrons. The Morgan fingerprint density at radius 3 is 2.75 bits per heavy atom. The Labute approximate surface area is 141 Å². The molecular weight excluding hydrogens is 310 g/mol. The molecule has 0 aromatic heterocycles. The maximum atomic E-state index is 12.5. The molecule has 24 heavy (non-hydrogen) atoms. The molecule has 0 bridgehead atoms. The predicted octanol–water partition coefficient (Wildman–Crippen LogP) is 2.33. The van der Waals surface area contributed by atoms with Crippen LogP contribution in [-0.4, -0.2) is 42.1 Å². The van der Waals surface area contributed by atoms with E-state index in [0.717, 1.165) is 10.5 Å². The van der Waals surface area contributed by atoms with Crippen LogP contribution in [0.5, 0.6) is 0 Å². The monoisotopic (exact) mass is 331 g/mol. The number of carbonyl (C=O) groups excluding carboxylic acids is 3. The molecular formula is C18H21NO5. The minimum atomic E-state index is -0.641. The first kappa shape index (κ1) is 17.7. The number of esters is 1. The van der Waals surface area contributed by atoms with Gasteiger partial charge in [0.2, 0.25) is 5.91 Å². The molecule has 0 N–H and O–H groups in total. The molecule has 6 heteroatoms. The van der Waals surface area contributed by atoms with Crippen LogP contribution in [0.25, 0.3) is 0 Å². The summed E-state index contributed by atoms with van der Waals surface area (Å²) >= 11 is 0. The first-order valence-electron chi connectivity index (χ1n) is 7.91. The third kappa shape index (κ3) is 4.44. The predicted molar refractivity (Wildman–Crippen MR) is 87.1 cm³/mol. The summed E-state index contributed by atoms with van der Waals surface area (Å²) in [6, 6.07) is 9.26. The summed E-state index contributed by atoms with van der Waals surface area (Å²) in [6.45, 7) is 3.77. The fraction of sp³-hybridized carbons (Fsp3) is 0.389. The fourth-order valence-corrected chi connectivity index (χ4v) is 2.48. The van der Waals surface area contributed by atoms with Gasteiger partial charge in [0.1, 0.15) is 6.61 Å². The van der Waals surface area contributed by atoms with Gasteiger partial charge in [-0.1, -0.05) is 43.3 Å². The van der Waals surface area contributed by atoms with E-state index >= 15 is 0 Å². The number of nitrogens with zero attached hydrogens (tertiary/aromatic N) is 1. The molecule has 1 aromatic rings. The molecule has 1 fully saturated rings. The van der Waals surface area contributed by atoms with Gasteiger partial charge in [-0.3, -0.25) is 4.79 Å². The molecule has 1 saturated heterocycles. The topological polar surface area (TPSA) is 72.9 Å². The zero-order valence-electron chi connectivity index (χ0n) is 13.8. The van der Waals surface area contributed by atoms with E-state index in [0.29, 0.717) is 6.42 Å². The van der Waals surface area contributed by atoms with Gasteiger partial charge in [0.25, 0.3) is 0 Å². The normalized spacial score (nSPS) is 18.5. The summed E-state index contributed by atoms with van der Waals surface area (Å²) in [6.07, 6.45) is 2.54. The summed E-state index contributed by atoms with van der Waals surface area (Å²) in [7, 11) is 0. The van der Waals surface area contributed by atoms with E-state index in [2.05, 4.69) is 0 Å². The first-order chi connectivity index (χ1) is 11.5. The number of carbonyl (C=O) groups is 3. The van der Waals surface area contributed by atoms with Gasteiger partial charge in [0, 0.05) is 6.08 Å². The van der Waals surface area contributed by atoms with Gasteiger partial charge in [-0.25, -0.2) is 14.5 Å². The Bertz CT molecular complexity index is 626. The quantitative estimate of drug-likeness (QED) is 0.591. The standard InChI is InChI=1S/C18H21NO5/c1-3-23-16(20)10-9-13(2)17(21)19-15(12-24-18(19)22)11-14-7-5-4-6-8-14/h4-10,13,15H,3,11-12H2,1-2H3/b10-9+/t13-,15+/m1/s1. The number of amides is 2. The average Bonchev–Trinajstić information content (AvgIpc) is 2.93. The lowest BCUT2D eigenvalue weighted by Gasteiger charge is -2.21. The Kier molecular flexibility index (Phi) is 6.12. The van der Waals surface area contributed by atoms with Crippen LogP contribution in [-0.2, 0) is 25.5 Å². The highest BCUT2D eigenvalue weighted by atomic mass is 16.6. The minimum absolute atomic E-state index is 0.174. The lowest BCUT2D eigenvalue weighted by Crippen LogP contribution is -2.42. The van der Waals surface area contributed by atoms with Crippen molar-refractivity contribution in [2.45, 2.75) is 26.3 Å². The molecule has 2 amide bonds. The fourth-order valence-electron chi connectivity index (χ4n) is 2.48. The van der Waals surface area contributed by atoms with E-state index in [-0.39, 0.29) is 25.2 Å². The Morgan fingerprint density at radius 1 is 1.38 bits per heavy atom. The van der Waals surface area contributed by atoms with E-state index in [1.165, 1.54) is 12.2 Å². The Hall–Kier alpha value is -2.63. The highest BCUT2D eigenvalue weighted by molar-refractivity contribution is 5.96. The second-order valence-electron chi connectivity index (χ2n) is 5.53. The van der Waals surface area contributed by atoms with Crippen molar-refractivity contribution < 1.29 is 23.9 Å². The van der Waals surface area contributed by atoms with Gasteiger partial charge in [-0.05, 0) is 18.9 Å². The summed E-state index contributed by atoms with van der Waals surface area (Å²) in [5.41, 5.74) is 1.02. The lowest BCUT2D eigenvalue weighted by molar-refractivity contribution is -0.137. The van der Waals surface area contributed by atoms with E-state index < -0.39 is 18.0 Å². The maximum Gasteiger partial charge on any atom is 0.417 e. The van der Waals surface area contributed by atoms with Crippen LogP contribution in [0, 0.1) is 5.92 Å². The molecule has 1 aromatic carbocycles. The van der Waals surface area contributed by atoms with Crippen LogP contribution < -0.4 is 0 Å². The van der Waals surface area contributed by atoms with Crippen LogP contribution in [0.2, 0.25) is 0 Å². The van der Waals surface area contributed by atoms with Crippen molar-refractivity contribution >= 4 is 18.0 Å². The molecule has 1 heterocycles. The first-order valence-corrected chi connectivity index (χ1v) is 7.91. The molecule has 128 valence electrons. The molecule has 0 spiro atoms. The minimum Gasteiger partial charge on any atom is -0.463 e. The second-order valence-corrected chi connectivity index (χ2v) is 5.53. The molecule has 0 unspecified atom stereocenters. The summed E-state index contributed by atoms with van der Waals surface area (Å²) < 4.78 is 9.81. The molecule has 2 atom stereocenters. The van der Waals surface area contributed by atoms with Gasteiger partial charge < -0.3 is 9.47 Å². The zero-order valence-corrected chi connectivity index (χ0v) is 13.8. The van der Waals surface area contributed by atoms with Crippen molar-refractivity contribution in [3.8, 4) is 0 Å². The van der Waals surface area contributed by atoms with Crippen molar-refractivity contribution in [3.05, 3.63) is 48.0 Å². The SMILES string of the molecule is CCOC(=O)/C=C/[C@@H](C)C(=O)N1C(=O)OC[C@@H]1Cc1ccccc1. The van der Waals surface area contributed by atoms with Crippen molar-refractivity contribution in [1.82, 2.24) is 4.90 Å². The Morgan fingerprint density at radius 2 is 2.08 bits per heavy atom. The van der Waals surface area contributed by atoms with Crippen molar-refractivity contribution in [1.29, 1.82) is 0 Å². The number of hydrogen-bond donors (Lipinski definition) is 0. The third-order valence-electron chi connectivity index (χ3n) is 3.71. The zero-order chi connectivity index (χ0) is 17.5. The third-order valence-corrected chi connectivity index (χ3v) is 3.71. The number of cyclic esters (lactones) is 1. The number of ether oxygens (including phenoxy) is 2. The van der Waals surface area contributed by atoms with E-state index in [9.17, 15) is 14.4 Å². The van der Waals surface area contributed by atoms with Crippen molar-refractivity contribution in [3.63, 3.8) is 0 Å². The average molecular weight is 331 g/mol. The smallest absolute Gasteiger partial charge is 0.417 e. The van der Waals surface area contributed by atoms with Gasteiger partial charge in [-0.2, -0.15) is 0 Å². The molecule has 0 saturated carbocycles. The van der Waals surface area contributed by atoms with Gasteiger partial charge >= 0.3 is 12.1 Å². The number of hydrogen-bond acceptors (Lipinski definition) is 5. The number of benzene rings is 1. The Balaban J connectivity index is 2.04. The maximum absolute atomic E-state index is 12.5. The summed E-state index contributed by atoms with van der Waals surface area (Å²) in [5, 5.41) is 0. The highest BCUT2D eigenvalue weighted by Gasteiger charge is 2.39. The second kappa shape index (κ2) is 8.29. The molecule has 1 aliphatic rings. The lowest BCUT2D eigenvalue weighted by atomic mass is 10.0. The van der Waals surface area contributed by atoms with Crippen LogP contribution in [0.3, 0.4) is 0 Å². The van der Waals surface area contributed by atoms with Crippen LogP contribution in [0.1, 0.15) is 19.4 Å². The van der Waals surface area contributed by atoms with Gasteiger partial charge in [0.05, 0.1) is 18.6 Å². The van der Waals surface area contributed by atoms with Crippen molar-refractivity contribution in [2.75, 3.05) is 13.2 Å². The largest absolute Gasteiger partial charge is 0.463 e. The molecule has 2 rings (SSSR count). The molecule has 6 nitrogen and oxygen atoms in total. The van der Waals surface area contributed by atoms with Crippen LogP contribution >= 0.6 is 0 Å². The molecule has 1 aliphatic heterocycles. The summed E-state index contributed by atoms with van der Waals surface area (Å²) in [5.74, 6) is -1.53. The van der Waals surface area contributed by atoms with Gasteiger partial charge in [0.15, 0.2) is 0 Å². The van der Waals surface area contributed by atoms with E-state index in [4.69, 9.17) is 9.47 Å². The number of imide groups is 1. The van der Waals surface area contributed by atoms with Crippen molar-refractivity contribution in [2.24, 2.45) is 5.92 Å². The highest BCUT2D eigenvalue weighted by Crippen LogP contribution is 2.20. The number of rotatable bonds is 6. The van der Waals surface area contributed by atoms with Crippen LogP contribution in [0.15, 0.2) is 42.5 Å². The van der Waals surface area contributed by atoms with E-state index in [1.54, 1.807) is 13.8 Å². The molecule has 0 aliphatic carbocycles. The van der Waals surface area contributed by atoms with Crippen LogP contribution in [0.4, 0.5) is 4.79 Å². The van der Waals surface area contributed by atoms with Gasteiger partial charge in [-0.15, -0.1) is 0 Å². The summed E-state index contributed by atoms with van der Waals surface area (Å²) in [4.78, 5) is 37.0.